The van der Waals surface area contributed by atoms with E-state index in [4.69, 9.17) is 5.11 Å². The maximum atomic E-state index is 13.4. The van der Waals surface area contributed by atoms with Crippen LogP contribution in [0.25, 0.3) is 11.0 Å². The lowest BCUT2D eigenvalue weighted by atomic mass is 10.0. The predicted molar refractivity (Wildman–Crippen MR) is 147 cm³/mol. The number of aliphatic carboxylic acids is 1. The van der Waals surface area contributed by atoms with Gasteiger partial charge >= 0.3 is 5.97 Å². The van der Waals surface area contributed by atoms with Gasteiger partial charge in [0.05, 0.1) is 11.1 Å². The Morgan fingerprint density at radius 3 is 2.46 bits per heavy atom. The molecule has 39 heavy (non-hydrogen) atoms. The van der Waals surface area contributed by atoms with Crippen LogP contribution in [0, 0.1) is 6.92 Å². The number of rotatable bonds is 12. The third-order valence-electron chi connectivity index (χ3n) is 7.12. The summed E-state index contributed by atoms with van der Waals surface area (Å²) in [7, 11) is 0. The number of carboxylic acid groups (broad SMARTS) is 1. The Labute approximate surface area is 226 Å². The van der Waals surface area contributed by atoms with Gasteiger partial charge in [-0.1, -0.05) is 25.7 Å². The number of aryl methyl sites for hydroxylation is 1. The van der Waals surface area contributed by atoms with Crippen molar-refractivity contribution in [3.8, 4) is 0 Å². The summed E-state index contributed by atoms with van der Waals surface area (Å²) in [5, 5.41) is 15.2. The maximum absolute atomic E-state index is 13.4. The van der Waals surface area contributed by atoms with E-state index in [-0.39, 0.29) is 41.2 Å². The number of carbonyl (C=O) groups excluding carboxylic acids is 2. The van der Waals surface area contributed by atoms with E-state index in [1.165, 1.54) is 13.1 Å². The van der Waals surface area contributed by atoms with Gasteiger partial charge in [-0.05, 0) is 57.2 Å². The highest BCUT2D eigenvalue weighted by Gasteiger charge is 2.25. The van der Waals surface area contributed by atoms with E-state index in [1.807, 2.05) is 0 Å². The summed E-state index contributed by atoms with van der Waals surface area (Å²) in [6.45, 7) is 3.66. The first-order valence-electron chi connectivity index (χ1n) is 13.4. The van der Waals surface area contributed by atoms with E-state index >= 15 is 0 Å². The fraction of sp³-hybridized carbons (Fsp3) is 0.464. The summed E-state index contributed by atoms with van der Waals surface area (Å²) in [5.41, 5.74) is 1.36. The smallest absolute Gasteiger partial charge is 0.303 e. The highest BCUT2D eigenvalue weighted by Crippen LogP contribution is 2.32. The van der Waals surface area contributed by atoms with Crippen molar-refractivity contribution >= 4 is 40.5 Å². The summed E-state index contributed by atoms with van der Waals surface area (Å²) >= 11 is 0. The van der Waals surface area contributed by atoms with E-state index < -0.39 is 5.97 Å². The molecule has 0 spiro atoms. The molecule has 1 fully saturated rings. The van der Waals surface area contributed by atoms with Crippen LogP contribution in [-0.4, -0.2) is 48.8 Å². The van der Waals surface area contributed by atoms with Gasteiger partial charge in [0.15, 0.2) is 5.78 Å². The number of carboxylic acids is 1. The van der Waals surface area contributed by atoms with Gasteiger partial charge in [-0.15, -0.1) is 0 Å². The van der Waals surface area contributed by atoms with Gasteiger partial charge in [-0.2, -0.15) is 4.98 Å². The third-order valence-corrected chi connectivity index (χ3v) is 7.12. The van der Waals surface area contributed by atoms with E-state index in [2.05, 4.69) is 25.6 Å². The van der Waals surface area contributed by atoms with Gasteiger partial charge in [-0.3, -0.25) is 23.7 Å². The van der Waals surface area contributed by atoms with E-state index in [0.29, 0.717) is 40.9 Å². The van der Waals surface area contributed by atoms with Crippen LogP contribution in [0.15, 0.2) is 29.3 Å². The van der Waals surface area contributed by atoms with Crippen LogP contribution in [-0.2, 0) is 4.79 Å². The van der Waals surface area contributed by atoms with Crippen molar-refractivity contribution in [2.24, 2.45) is 0 Å². The molecule has 0 radical (unpaired) electrons. The van der Waals surface area contributed by atoms with E-state index in [0.717, 1.165) is 44.9 Å². The molecule has 3 aromatic rings. The number of carbonyl (C=O) groups is 3. The molecule has 3 heterocycles. The lowest BCUT2D eigenvalue weighted by molar-refractivity contribution is -0.137. The van der Waals surface area contributed by atoms with Gasteiger partial charge in [-0.25, -0.2) is 9.97 Å². The number of aromatic nitrogens is 4. The minimum absolute atomic E-state index is 0.0119. The van der Waals surface area contributed by atoms with Gasteiger partial charge in [0, 0.05) is 36.8 Å². The number of anilines is 2. The van der Waals surface area contributed by atoms with Crippen molar-refractivity contribution in [1.82, 2.24) is 24.8 Å². The molecular weight excluding hydrogens is 500 g/mol. The Morgan fingerprint density at radius 1 is 1.05 bits per heavy atom. The molecule has 11 nitrogen and oxygen atoms in total. The number of hydrogen-bond donors (Lipinski definition) is 3. The molecule has 4 rings (SSSR count). The SMILES string of the molecule is CC(=O)c1c(C)c2cnc(Nc3ccc(C(=O)NCCCCCCC(=O)O)cn3)nc2n(C2CCCC2)c1=O. The quantitative estimate of drug-likeness (QED) is 0.227. The molecule has 0 atom stereocenters. The molecule has 0 unspecified atom stereocenters. The van der Waals surface area contributed by atoms with Crippen LogP contribution in [0.4, 0.5) is 11.8 Å². The predicted octanol–water partition coefficient (Wildman–Crippen LogP) is 4.32. The first-order valence-corrected chi connectivity index (χ1v) is 13.4. The molecule has 0 aliphatic heterocycles. The minimum Gasteiger partial charge on any atom is -0.481 e. The summed E-state index contributed by atoms with van der Waals surface area (Å²) in [6.07, 6.45) is 10.1. The fourth-order valence-corrected chi connectivity index (χ4v) is 5.08. The van der Waals surface area contributed by atoms with Crippen LogP contribution in [0.1, 0.15) is 97.0 Å². The van der Waals surface area contributed by atoms with E-state index in [9.17, 15) is 19.2 Å². The number of nitrogens with zero attached hydrogens (tertiary/aromatic N) is 4. The second-order valence-corrected chi connectivity index (χ2v) is 9.97. The number of unbranched alkanes of at least 4 members (excludes halogenated alkanes) is 3. The number of nitrogens with one attached hydrogen (secondary N) is 2. The maximum Gasteiger partial charge on any atom is 0.303 e. The van der Waals surface area contributed by atoms with Crippen LogP contribution in [0.2, 0.25) is 0 Å². The first kappa shape index (κ1) is 27.9. The van der Waals surface area contributed by atoms with Crippen LogP contribution in [0.3, 0.4) is 0 Å². The minimum atomic E-state index is -0.788. The molecule has 1 amide bonds. The largest absolute Gasteiger partial charge is 0.481 e. The number of pyridine rings is 2. The molecule has 11 heteroatoms. The van der Waals surface area contributed by atoms with Crippen molar-refractivity contribution in [2.45, 2.75) is 77.7 Å². The molecule has 206 valence electrons. The van der Waals surface area contributed by atoms with Gasteiger partial charge in [0.2, 0.25) is 5.95 Å². The van der Waals surface area contributed by atoms with Crippen molar-refractivity contribution < 1.29 is 19.5 Å². The number of hydrogen-bond acceptors (Lipinski definition) is 8. The monoisotopic (exact) mass is 534 g/mol. The molecule has 1 aliphatic rings. The summed E-state index contributed by atoms with van der Waals surface area (Å²) in [4.78, 5) is 62.0. The zero-order valence-electron chi connectivity index (χ0n) is 22.3. The summed E-state index contributed by atoms with van der Waals surface area (Å²) in [6, 6.07) is 3.29. The Balaban J connectivity index is 1.45. The van der Waals surface area contributed by atoms with Crippen LogP contribution >= 0.6 is 0 Å². The zero-order chi connectivity index (χ0) is 27.9. The van der Waals surface area contributed by atoms with Gasteiger partial charge in [0.1, 0.15) is 11.5 Å². The van der Waals surface area contributed by atoms with Gasteiger partial charge < -0.3 is 15.7 Å². The lowest BCUT2D eigenvalue weighted by Crippen LogP contribution is -2.30. The average molecular weight is 535 g/mol. The van der Waals surface area contributed by atoms with Crippen molar-refractivity contribution in [3.63, 3.8) is 0 Å². The summed E-state index contributed by atoms with van der Waals surface area (Å²) in [5.74, 6) is -0.590. The van der Waals surface area contributed by atoms with Crippen molar-refractivity contribution in [3.05, 3.63) is 51.6 Å². The topological polar surface area (TPSA) is 156 Å². The number of amides is 1. The zero-order valence-corrected chi connectivity index (χ0v) is 22.3. The van der Waals surface area contributed by atoms with E-state index in [1.54, 1.807) is 29.8 Å². The fourth-order valence-electron chi connectivity index (χ4n) is 5.08. The third kappa shape index (κ3) is 6.65. The lowest BCUT2D eigenvalue weighted by Gasteiger charge is -2.19. The highest BCUT2D eigenvalue weighted by atomic mass is 16.4. The highest BCUT2D eigenvalue weighted by molar-refractivity contribution is 5.99. The van der Waals surface area contributed by atoms with Crippen molar-refractivity contribution in [1.29, 1.82) is 0 Å². The Hall–Kier alpha value is -4.15. The normalized spacial score (nSPS) is 13.5. The molecule has 0 saturated heterocycles. The number of Topliss-reactive ketones (excluding diaryl/α,β-unsaturated/α-hetero) is 1. The molecule has 3 aromatic heterocycles. The Kier molecular flexibility index (Phi) is 9.00. The Morgan fingerprint density at radius 2 is 1.79 bits per heavy atom. The molecule has 1 saturated carbocycles. The molecule has 1 aliphatic carbocycles. The van der Waals surface area contributed by atoms with Crippen molar-refractivity contribution in [2.75, 3.05) is 11.9 Å². The Bertz CT molecular complexity index is 1430. The van der Waals surface area contributed by atoms with Crippen LogP contribution in [0.5, 0.6) is 0 Å². The summed E-state index contributed by atoms with van der Waals surface area (Å²) < 4.78 is 1.66. The standard InChI is InChI=1S/C28H34N6O5/c1-17-21-16-31-28(33-25(21)34(20-9-6-7-10-20)27(39)24(17)18(2)35)32-22-13-12-19(15-30-22)26(38)29-14-8-4-3-5-11-23(36)37/h12-13,15-16,20H,3-11,14H2,1-2H3,(H,29,38)(H,36,37)(H,30,31,32,33). The molecule has 0 bridgehead atoms. The number of fused-ring (bicyclic) bond motifs is 1. The second kappa shape index (κ2) is 12.6. The molecule has 0 aromatic carbocycles. The molecule has 3 N–H and O–H groups in total. The molecular formula is C28H34N6O5. The average Bonchev–Trinajstić information content (AvgIpc) is 3.42. The number of ketones is 1. The first-order chi connectivity index (χ1) is 18.8. The second-order valence-electron chi connectivity index (χ2n) is 9.97. The van der Waals surface area contributed by atoms with Gasteiger partial charge in [0.25, 0.3) is 11.5 Å². The van der Waals surface area contributed by atoms with Crippen LogP contribution < -0.4 is 16.2 Å².